The Morgan fingerprint density at radius 1 is 1.21 bits per heavy atom. The van der Waals surface area contributed by atoms with Crippen molar-refractivity contribution in [3.8, 4) is 0 Å². The van der Waals surface area contributed by atoms with E-state index in [-0.39, 0.29) is 29.2 Å². The van der Waals surface area contributed by atoms with Crippen LogP contribution in [-0.4, -0.2) is 31.9 Å². The average Bonchev–Trinajstić information content (AvgIpc) is 3.30. The highest BCUT2D eigenvalue weighted by Gasteiger charge is 2.34. The lowest BCUT2D eigenvalue weighted by molar-refractivity contribution is 0.0737. The zero-order valence-corrected chi connectivity index (χ0v) is 16.2. The van der Waals surface area contributed by atoms with Crippen LogP contribution in [0.1, 0.15) is 76.9 Å². The van der Waals surface area contributed by atoms with Gasteiger partial charge in [-0.1, -0.05) is 24.3 Å². The maximum atomic E-state index is 13.6. The summed E-state index contributed by atoms with van der Waals surface area (Å²) in [4.78, 5) is 19.8. The number of aromatic nitrogens is 3. The molecule has 1 aliphatic heterocycles. The van der Waals surface area contributed by atoms with Crippen molar-refractivity contribution in [2.45, 2.75) is 51.0 Å². The van der Waals surface area contributed by atoms with Crippen LogP contribution in [0, 0.1) is 6.92 Å². The number of nitrogens with zero attached hydrogens (tertiary/aromatic N) is 4. The van der Waals surface area contributed by atoms with E-state index in [0.717, 1.165) is 41.3 Å². The zero-order valence-electron chi connectivity index (χ0n) is 16.2. The normalized spacial score (nSPS) is 19.4. The summed E-state index contributed by atoms with van der Waals surface area (Å²) in [5, 5.41) is 4.10. The van der Waals surface area contributed by atoms with Crippen LogP contribution in [0.4, 0.5) is 8.78 Å². The minimum Gasteiger partial charge on any atom is -0.331 e. The highest BCUT2D eigenvalue weighted by Crippen LogP contribution is 2.41. The highest BCUT2D eigenvalue weighted by atomic mass is 19.3. The van der Waals surface area contributed by atoms with Gasteiger partial charge in [0, 0.05) is 18.2 Å². The standard InChI is InChI=1S/C22H22F2N4O/c1-13-5-2-3-6-15(13)18-7-4-10-27(18)22(29)16-12-25-28-19(20(23)24)11-17(14-8-9-14)26-21(16)28/h2-3,5-6,11-12,14,18,20H,4,7-10H2,1H3. The van der Waals surface area contributed by atoms with E-state index >= 15 is 0 Å². The minimum absolute atomic E-state index is 0.0140. The Hall–Kier alpha value is -2.83. The molecule has 1 saturated heterocycles. The van der Waals surface area contributed by atoms with Gasteiger partial charge in [0.25, 0.3) is 12.3 Å². The Kier molecular flexibility index (Phi) is 4.33. The van der Waals surface area contributed by atoms with Gasteiger partial charge in [0.05, 0.1) is 12.2 Å². The third-order valence-corrected chi connectivity index (χ3v) is 6.03. The maximum absolute atomic E-state index is 13.6. The topological polar surface area (TPSA) is 50.5 Å². The average molecular weight is 396 g/mol. The van der Waals surface area contributed by atoms with Crippen molar-refractivity contribution < 1.29 is 13.6 Å². The van der Waals surface area contributed by atoms with Crippen molar-refractivity contribution in [1.82, 2.24) is 19.5 Å². The number of carbonyl (C=O) groups is 1. The SMILES string of the molecule is Cc1ccccc1C1CCCN1C(=O)c1cnn2c(C(F)F)cc(C3CC3)nc12. The first-order chi connectivity index (χ1) is 14.0. The van der Waals surface area contributed by atoms with Crippen LogP contribution < -0.4 is 0 Å². The van der Waals surface area contributed by atoms with Gasteiger partial charge < -0.3 is 4.90 Å². The quantitative estimate of drug-likeness (QED) is 0.635. The predicted molar refractivity (Wildman–Crippen MR) is 104 cm³/mol. The van der Waals surface area contributed by atoms with Gasteiger partial charge in [0.2, 0.25) is 0 Å². The Morgan fingerprint density at radius 2 is 2.00 bits per heavy atom. The number of likely N-dealkylation sites (tertiary alicyclic amines) is 1. The van der Waals surface area contributed by atoms with Gasteiger partial charge in [-0.15, -0.1) is 0 Å². The molecule has 1 amide bonds. The summed E-state index contributed by atoms with van der Waals surface area (Å²) >= 11 is 0. The maximum Gasteiger partial charge on any atom is 0.280 e. The first-order valence-corrected chi connectivity index (χ1v) is 10.1. The van der Waals surface area contributed by atoms with Gasteiger partial charge >= 0.3 is 0 Å². The molecule has 3 aromatic rings. The fourth-order valence-electron chi connectivity index (χ4n) is 4.35. The number of alkyl halides is 2. The highest BCUT2D eigenvalue weighted by molar-refractivity contribution is 6.00. The van der Waals surface area contributed by atoms with Crippen LogP contribution in [0.2, 0.25) is 0 Å². The molecule has 0 N–H and O–H groups in total. The van der Waals surface area contributed by atoms with Crippen LogP contribution in [0.3, 0.4) is 0 Å². The molecule has 0 radical (unpaired) electrons. The molecule has 1 unspecified atom stereocenters. The Labute approximate surface area is 167 Å². The van der Waals surface area contributed by atoms with Crippen molar-refractivity contribution in [2.24, 2.45) is 0 Å². The molecule has 1 atom stereocenters. The number of aryl methyl sites for hydroxylation is 1. The second-order valence-electron chi connectivity index (χ2n) is 7.99. The number of carbonyl (C=O) groups excluding carboxylic acids is 1. The monoisotopic (exact) mass is 396 g/mol. The summed E-state index contributed by atoms with van der Waals surface area (Å²) in [6.45, 7) is 2.68. The lowest BCUT2D eigenvalue weighted by atomic mass is 9.99. The van der Waals surface area contributed by atoms with Crippen molar-refractivity contribution in [3.05, 3.63) is 64.6 Å². The number of benzene rings is 1. The van der Waals surface area contributed by atoms with Crippen LogP contribution in [-0.2, 0) is 0 Å². The molecule has 5 rings (SSSR count). The molecule has 150 valence electrons. The first-order valence-electron chi connectivity index (χ1n) is 10.1. The number of halogens is 2. The summed E-state index contributed by atoms with van der Waals surface area (Å²) in [6.07, 6.45) is 2.41. The second-order valence-corrected chi connectivity index (χ2v) is 7.99. The van der Waals surface area contributed by atoms with Crippen molar-refractivity contribution >= 4 is 11.6 Å². The molecule has 3 heterocycles. The van der Waals surface area contributed by atoms with Gasteiger partial charge in [0.15, 0.2) is 5.65 Å². The van der Waals surface area contributed by atoms with Crippen LogP contribution in [0.15, 0.2) is 36.5 Å². The van der Waals surface area contributed by atoms with E-state index in [9.17, 15) is 13.6 Å². The molecule has 1 aliphatic carbocycles. The van der Waals surface area contributed by atoms with Crippen molar-refractivity contribution in [3.63, 3.8) is 0 Å². The van der Waals surface area contributed by atoms with E-state index < -0.39 is 6.43 Å². The second kappa shape index (κ2) is 6.90. The van der Waals surface area contributed by atoms with Gasteiger partial charge in [-0.3, -0.25) is 4.79 Å². The molecular formula is C22H22F2N4O. The van der Waals surface area contributed by atoms with E-state index in [1.165, 1.54) is 12.3 Å². The Bertz CT molecular complexity index is 1090. The summed E-state index contributed by atoms with van der Waals surface area (Å²) in [7, 11) is 0. The van der Waals surface area contributed by atoms with E-state index in [1.807, 2.05) is 30.0 Å². The minimum atomic E-state index is -2.67. The largest absolute Gasteiger partial charge is 0.331 e. The van der Waals surface area contributed by atoms with Crippen molar-refractivity contribution in [1.29, 1.82) is 0 Å². The fourth-order valence-corrected chi connectivity index (χ4v) is 4.35. The van der Waals surface area contributed by atoms with Crippen LogP contribution in [0.25, 0.3) is 5.65 Å². The lowest BCUT2D eigenvalue weighted by Gasteiger charge is -2.26. The van der Waals surface area contributed by atoms with E-state index in [1.54, 1.807) is 0 Å². The van der Waals surface area contributed by atoms with Gasteiger partial charge in [-0.2, -0.15) is 5.10 Å². The Morgan fingerprint density at radius 3 is 2.72 bits per heavy atom. The molecule has 1 saturated carbocycles. The molecule has 1 aromatic carbocycles. The summed E-state index contributed by atoms with van der Waals surface area (Å²) in [5.41, 5.74) is 3.26. The summed E-state index contributed by atoms with van der Waals surface area (Å²) < 4.78 is 28.4. The number of hydrogen-bond donors (Lipinski definition) is 0. The lowest BCUT2D eigenvalue weighted by Crippen LogP contribution is -2.31. The van der Waals surface area contributed by atoms with E-state index in [2.05, 4.69) is 16.1 Å². The summed E-state index contributed by atoms with van der Waals surface area (Å²) in [5.74, 6) is 0.0215. The van der Waals surface area contributed by atoms with Crippen LogP contribution in [0.5, 0.6) is 0 Å². The number of fused-ring (bicyclic) bond motifs is 1. The van der Waals surface area contributed by atoms with E-state index in [4.69, 9.17) is 0 Å². The predicted octanol–water partition coefficient (Wildman–Crippen LogP) is 4.83. The first kappa shape index (κ1) is 18.2. The smallest absolute Gasteiger partial charge is 0.280 e. The number of amides is 1. The van der Waals surface area contributed by atoms with Crippen LogP contribution >= 0.6 is 0 Å². The third kappa shape index (κ3) is 3.09. The molecule has 0 bridgehead atoms. The Balaban J connectivity index is 1.56. The molecular weight excluding hydrogens is 374 g/mol. The molecule has 5 nitrogen and oxygen atoms in total. The van der Waals surface area contributed by atoms with Crippen molar-refractivity contribution in [2.75, 3.05) is 6.54 Å². The molecule has 2 aliphatic rings. The van der Waals surface area contributed by atoms with E-state index in [0.29, 0.717) is 17.8 Å². The molecule has 29 heavy (non-hydrogen) atoms. The van der Waals surface area contributed by atoms with Gasteiger partial charge in [-0.25, -0.2) is 18.3 Å². The fraction of sp³-hybridized carbons (Fsp3) is 0.409. The summed E-state index contributed by atoms with van der Waals surface area (Å²) in [6, 6.07) is 9.49. The third-order valence-electron chi connectivity index (χ3n) is 6.03. The molecule has 7 heteroatoms. The number of rotatable bonds is 4. The number of hydrogen-bond acceptors (Lipinski definition) is 3. The molecule has 0 spiro atoms. The van der Waals surface area contributed by atoms with Gasteiger partial charge in [0.1, 0.15) is 11.3 Å². The molecule has 2 fully saturated rings. The zero-order chi connectivity index (χ0) is 20.1. The molecule has 2 aromatic heterocycles. The van der Waals surface area contributed by atoms with Gasteiger partial charge in [-0.05, 0) is 49.8 Å².